The van der Waals surface area contributed by atoms with Gasteiger partial charge in [0.2, 0.25) is 0 Å². The second kappa shape index (κ2) is 8.68. The molecule has 1 saturated heterocycles. The minimum atomic E-state index is 0.704. The monoisotopic (exact) mass is 405 g/mol. The molecule has 0 radical (unpaired) electrons. The van der Waals surface area contributed by atoms with Gasteiger partial charge in [-0.1, -0.05) is 12.2 Å². The summed E-state index contributed by atoms with van der Waals surface area (Å²) >= 11 is 0. The van der Waals surface area contributed by atoms with E-state index >= 15 is 0 Å². The third-order valence-corrected chi connectivity index (χ3v) is 6.44. The quantitative estimate of drug-likeness (QED) is 0.635. The average Bonchev–Trinajstić information content (AvgIpc) is 3.47. The normalized spacial score (nSPS) is 18.4. The van der Waals surface area contributed by atoms with Crippen molar-refractivity contribution in [2.45, 2.75) is 38.5 Å². The van der Waals surface area contributed by atoms with Gasteiger partial charge in [-0.05, 0) is 69.3 Å². The molecule has 0 bridgehead atoms. The van der Waals surface area contributed by atoms with Gasteiger partial charge in [0.05, 0.1) is 24.9 Å². The first-order chi connectivity index (χ1) is 14.8. The van der Waals surface area contributed by atoms with Gasteiger partial charge in [-0.2, -0.15) is 0 Å². The molecule has 0 saturated carbocycles. The first-order valence-electron chi connectivity index (χ1n) is 11.3. The molecule has 1 aromatic carbocycles. The smallest absolute Gasteiger partial charge is 0.163 e. The Morgan fingerprint density at radius 1 is 1.03 bits per heavy atom. The Bertz CT molecular complexity index is 976. The summed E-state index contributed by atoms with van der Waals surface area (Å²) in [6.07, 6.45) is 15.6. The summed E-state index contributed by atoms with van der Waals surface area (Å²) in [5.74, 6) is 1.60. The van der Waals surface area contributed by atoms with E-state index in [1.165, 1.54) is 49.3 Å². The minimum Gasteiger partial charge on any atom is -0.493 e. The van der Waals surface area contributed by atoms with E-state index in [2.05, 4.69) is 46.4 Å². The summed E-state index contributed by atoms with van der Waals surface area (Å²) in [5, 5.41) is 1.15. The maximum atomic E-state index is 6.17. The standard InChI is InChI=1S/C25H31N3O2/c1-29-23-17-20-22(18-24(23)30-16-8-13-27-11-5-6-12-27)26-21-10-7-9-19(21)25(20)28-14-3-2-4-15-28/h2-4,14,17-18H,5-13,15-16H2,1H3. The molecule has 5 heteroatoms. The van der Waals surface area contributed by atoms with E-state index in [-0.39, 0.29) is 0 Å². The summed E-state index contributed by atoms with van der Waals surface area (Å²) in [6.45, 7) is 5.17. The lowest BCUT2D eigenvalue weighted by molar-refractivity contribution is 0.254. The Morgan fingerprint density at radius 2 is 1.93 bits per heavy atom. The second-order valence-corrected chi connectivity index (χ2v) is 8.43. The van der Waals surface area contributed by atoms with Gasteiger partial charge >= 0.3 is 0 Å². The van der Waals surface area contributed by atoms with Gasteiger partial charge in [-0.25, -0.2) is 0 Å². The fraction of sp³-hybridized carbons (Fsp3) is 0.480. The van der Waals surface area contributed by atoms with Crippen LogP contribution in [0.4, 0.5) is 5.69 Å². The number of hydrogen-bond acceptors (Lipinski definition) is 5. The summed E-state index contributed by atoms with van der Waals surface area (Å²) < 4.78 is 11.9. The molecule has 3 heterocycles. The Labute approximate surface area is 179 Å². The Hall–Kier alpha value is -2.53. The highest BCUT2D eigenvalue weighted by molar-refractivity contribution is 5.97. The molecule has 0 amide bonds. The van der Waals surface area contributed by atoms with E-state index in [0.717, 1.165) is 54.8 Å². The summed E-state index contributed by atoms with van der Waals surface area (Å²) in [6, 6.07) is 4.20. The molecule has 0 atom stereocenters. The number of pyridine rings is 1. The Kier molecular flexibility index (Phi) is 5.63. The number of ether oxygens (including phenoxy) is 2. The highest BCUT2D eigenvalue weighted by Gasteiger charge is 2.24. The van der Waals surface area contributed by atoms with Gasteiger partial charge < -0.3 is 19.3 Å². The van der Waals surface area contributed by atoms with Crippen molar-refractivity contribution in [3.8, 4) is 11.5 Å². The first-order valence-corrected chi connectivity index (χ1v) is 11.3. The summed E-state index contributed by atoms with van der Waals surface area (Å²) in [7, 11) is 1.72. The van der Waals surface area contributed by atoms with Crippen molar-refractivity contribution >= 4 is 16.6 Å². The number of likely N-dealkylation sites (tertiary alicyclic amines) is 1. The van der Waals surface area contributed by atoms with Crippen molar-refractivity contribution in [1.82, 2.24) is 9.88 Å². The predicted octanol–water partition coefficient (Wildman–Crippen LogP) is 4.49. The molecule has 5 rings (SSSR count). The molecule has 30 heavy (non-hydrogen) atoms. The van der Waals surface area contributed by atoms with E-state index in [9.17, 15) is 0 Å². The van der Waals surface area contributed by atoms with Crippen molar-refractivity contribution in [1.29, 1.82) is 0 Å². The highest BCUT2D eigenvalue weighted by atomic mass is 16.5. The first kappa shape index (κ1) is 19.4. The van der Waals surface area contributed by atoms with E-state index in [4.69, 9.17) is 14.5 Å². The maximum absolute atomic E-state index is 6.17. The third kappa shape index (κ3) is 3.79. The van der Waals surface area contributed by atoms with Crippen LogP contribution in [0.2, 0.25) is 0 Å². The van der Waals surface area contributed by atoms with Crippen LogP contribution in [0.15, 0.2) is 36.6 Å². The van der Waals surface area contributed by atoms with Gasteiger partial charge in [-0.3, -0.25) is 4.98 Å². The predicted molar refractivity (Wildman–Crippen MR) is 122 cm³/mol. The molecule has 158 valence electrons. The van der Waals surface area contributed by atoms with Crippen LogP contribution in [0, 0.1) is 0 Å². The van der Waals surface area contributed by atoms with Gasteiger partial charge in [-0.15, -0.1) is 0 Å². The van der Waals surface area contributed by atoms with Crippen molar-refractivity contribution in [2.75, 3.05) is 44.8 Å². The summed E-state index contributed by atoms with van der Waals surface area (Å²) in [5.41, 5.74) is 4.92. The van der Waals surface area contributed by atoms with Gasteiger partial charge in [0.25, 0.3) is 0 Å². The highest BCUT2D eigenvalue weighted by Crippen LogP contribution is 2.41. The fourth-order valence-electron chi connectivity index (χ4n) is 4.96. The zero-order chi connectivity index (χ0) is 20.3. The van der Waals surface area contributed by atoms with E-state index in [0.29, 0.717) is 6.61 Å². The van der Waals surface area contributed by atoms with E-state index < -0.39 is 0 Å². The molecule has 5 nitrogen and oxygen atoms in total. The van der Waals surface area contributed by atoms with Crippen LogP contribution in [-0.4, -0.2) is 49.8 Å². The van der Waals surface area contributed by atoms with Crippen LogP contribution in [0.25, 0.3) is 10.9 Å². The lowest BCUT2D eigenvalue weighted by atomic mass is 10.0. The largest absolute Gasteiger partial charge is 0.493 e. The van der Waals surface area contributed by atoms with Gasteiger partial charge in [0, 0.05) is 36.4 Å². The number of hydrogen-bond donors (Lipinski definition) is 0. The molecule has 1 fully saturated rings. The average molecular weight is 406 g/mol. The number of allylic oxidation sites excluding steroid dienone is 2. The SMILES string of the molecule is COc1cc2c(N3C=CC=CC3)c3c(nc2cc1OCCCN1CCCC1)CCC3. The number of rotatable bonds is 7. The number of aromatic nitrogens is 1. The zero-order valence-corrected chi connectivity index (χ0v) is 17.9. The molecule has 1 aromatic heterocycles. The minimum absolute atomic E-state index is 0.704. The lowest BCUT2D eigenvalue weighted by Crippen LogP contribution is -2.22. The fourth-order valence-corrected chi connectivity index (χ4v) is 4.96. The number of nitrogens with zero attached hydrogens (tertiary/aromatic N) is 3. The van der Waals surface area contributed by atoms with Crippen LogP contribution in [0.5, 0.6) is 11.5 Å². The summed E-state index contributed by atoms with van der Waals surface area (Å²) in [4.78, 5) is 9.89. The number of aryl methyl sites for hydroxylation is 1. The van der Waals surface area contributed by atoms with Crippen molar-refractivity contribution in [2.24, 2.45) is 0 Å². The maximum Gasteiger partial charge on any atom is 0.163 e. The third-order valence-electron chi connectivity index (χ3n) is 6.44. The van der Waals surface area contributed by atoms with Crippen LogP contribution < -0.4 is 14.4 Å². The van der Waals surface area contributed by atoms with Crippen molar-refractivity contribution in [3.05, 3.63) is 47.8 Å². The topological polar surface area (TPSA) is 37.8 Å². The number of anilines is 1. The molecular weight excluding hydrogens is 374 g/mol. The van der Waals surface area contributed by atoms with Crippen LogP contribution in [0.1, 0.15) is 36.9 Å². The van der Waals surface area contributed by atoms with Crippen LogP contribution in [0.3, 0.4) is 0 Å². The van der Waals surface area contributed by atoms with E-state index in [1.807, 2.05) is 0 Å². The molecule has 0 N–H and O–H groups in total. The van der Waals surface area contributed by atoms with Crippen LogP contribution in [-0.2, 0) is 12.8 Å². The number of benzene rings is 1. The number of methoxy groups -OCH3 is 1. The van der Waals surface area contributed by atoms with Crippen molar-refractivity contribution in [3.63, 3.8) is 0 Å². The molecular formula is C25H31N3O2. The molecule has 0 spiro atoms. The molecule has 3 aliphatic rings. The van der Waals surface area contributed by atoms with Gasteiger partial charge in [0.1, 0.15) is 0 Å². The molecule has 0 unspecified atom stereocenters. The van der Waals surface area contributed by atoms with Crippen LogP contribution >= 0.6 is 0 Å². The van der Waals surface area contributed by atoms with Crippen molar-refractivity contribution < 1.29 is 9.47 Å². The zero-order valence-electron chi connectivity index (χ0n) is 17.9. The lowest BCUT2D eigenvalue weighted by Gasteiger charge is -2.26. The molecule has 2 aromatic rings. The second-order valence-electron chi connectivity index (χ2n) is 8.43. The van der Waals surface area contributed by atoms with E-state index in [1.54, 1.807) is 7.11 Å². The number of fused-ring (bicyclic) bond motifs is 2. The van der Waals surface area contributed by atoms with Gasteiger partial charge in [0.15, 0.2) is 11.5 Å². The Balaban J connectivity index is 1.44. The molecule has 1 aliphatic carbocycles. The molecule has 2 aliphatic heterocycles. The Morgan fingerprint density at radius 3 is 2.73 bits per heavy atom.